The SMILES string of the molecule is Cc1ccc(C)c(OCC(=O)NNS(=O)(=O)c2ccc(C(C)(C)C)cc2)c1. The van der Waals surface area contributed by atoms with Crippen molar-refractivity contribution in [2.24, 2.45) is 0 Å². The van der Waals surface area contributed by atoms with E-state index in [0.717, 1.165) is 16.7 Å². The van der Waals surface area contributed by atoms with Gasteiger partial charge in [0.05, 0.1) is 4.90 Å². The van der Waals surface area contributed by atoms with Gasteiger partial charge in [0.2, 0.25) is 0 Å². The Labute approximate surface area is 161 Å². The minimum atomic E-state index is -3.85. The minimum absolute atomic E-state index is 0.0742. The molecule has 0 aliphatic rings. The van der Waals surface area contributed by atoms with Crippen LogP contribution in [0.4, 0.5) is 0 Å². The van der Waals surface area contributed by atoms with E-state index in [1.807, 2.05) is 52.8 Å². The third-order valence-electron chi connectivity index (χ3n) is 4.06. The number of nitrogens with one attached hydrogen (secondary N) is 2. The monoisotopic (exact) mass is 390 g/mol. The van der Waals surface area contributed by atoms with Crippen molar-refractivity contribution >= 4 is 15.9 Å². The molecule has 0 unspecified atom stereocenters. The molecule has 27 heavy (non-hydrogen) atoms. The van der Waals surface area contributed by atoms with Gasteiger partial charge in [-0.2, -0.15) is 0 Å². The number of aryl methyl sites for hydroxylation is 2. The van der Waals surface area contributed by atoms with Gasteiger partial charge in [-0.25, -0.2) is 8.42 Å². The first-order valence-electron chi connectivity index (χ1n) is 8.60. The van der Waals surface area contributed by atoms with E-state index in [-0.39, 0.29) is 16.9 Å². The molecule has 6 nitrogen and oxygen atoms in total. The van der Waals surface area contributed by atoms with Gasteiger partial charge in [0, 0.05) is 0 Å². The highest BCUT2D eigenvalue weighted by Gasteiger charge is 2.18. The van der Waals surface area contributed by atoms with E-state index in [4.69, 9.17) is 4.74 Å². The number of amides is 1. The normalized spacial score (nSPS) is 11.9. The second kappa shape index (κ2) is 8.10. The molecule has 0 fully saturated rings. The first-order valence-corrected chi connectivity index (χ1v) is 10.1. The van der Waals surface area contributed by atoms with E-state index in [9.17, 15) is 13.2 Å². The third-order valence-corrected chi connectivity index (χ3v) is 5.32. The lowest BCUT2D eigenvalue weighted by Gasteiger charge is -2.19. The van der Waals surface area contributed by atoms with Crippen LogP contribution in [0.25, 0.3) is 0 Å². The predicted molar refractivity (Wildman–Crippen MR) is 105 cm³/mol. The van der Waals surface area contributed by atoms with Crippen LogP contribution in [-0.2, 0) is 20.2 Å². The Balaban J connectivity index is 1.94. The zero-order valence-electron chi connectivity index (χ0n) is 16.3. The highest BCUT2D eigenvalue weighted by atomic mass is 32.2. The van der Waals surface area contributed by atoms with E-state index in [0.29, 0.717) is 5.75 Å². The van der Waals surface area contributed by atoms with Crippen LogP contribution in [0.5, 0.6) is 5.75 Å². The van der Waals surface area contributed by atoms with Crippen molar-refractivity contribution in [2.45, 2.75) is 44.9 Å². The van der Waals surface area contributed by atoms with Crippen LogP contribution in [0.2, 0.25) is 0 Å². The molecule has 1 amide bonds. The van der Waals surface area contributed by atoms with Crippen molar-refractivity contribution < 1.29 is 17.9 Å². The van der Waals surface area contributed by atoms with E-state index in [1.165, 1.54) is 12.1 Å². The molecule has 0 saturated carbocycles. The standard InChI is InChI=1S/C20H26N2O4S/c1-14-6-7-15(2)18(12-14)26-13-19(23)21-22-27(24,25)17-10-8-16(9-11-17)20(3,4)5/h6-12,22H,13H2,1-5H3,(H,21,23). The number of rotatable bonds is 6. The summed E-state index contributed by atoms with van der Waals surface area (Å²) in [5.41, 5.74) is 5.02. The molecule has 0 radical (unpaired) electrons. The Bertz CT molecular complexity index is 914. The molecule has 2 aromatic carbocycles. The summed E-state index contributed by atoms with van der Waals surface area (Å²) in [6.07, 6.45) is 0. The fourth-order valence-corrected chi connectivity index (χ4v) is 3.22. The molecule has 2 aromatic rings. The number of benzene rings is 2. The Hall–Kier alpha value is -2.38. The van der Waals surface area contributed by atoms with E-state index in [2.05, 4.69) is 10.3 Å². The van der Waals surface area contributed by atoms with Gasteiger partial charge in [-0.15, -0.1) is 4.83 Å². The lowest BCUT2D eigenvalue weighted by Crippen LogP contribution is -2.43. The molecule has 0 aliphatic carbocycles. The molecule has 0 saturated heterocycles. The summed E-state index contributed by atoms with van der Waals surface area (Å²) in [6, 6.07) is 12.2. The zero-order chi connectivity index (χ0) is 20.2. The maximum absolute atomic E-state index is 12.3. The zero-order valence-corrected chi connectivity index (χ0v) is 17.1. The maximum atomic E-state index is 12.3. The van der Waals surface area contributed by atoms with Crippen molar-refractivity contribution in [3.05, 3.63) is 59.2 Å². The maximum Gasteiger partial charge on any atom is 0.272 e. The molecular weight excluding hydrogens is 364 g/mol. The Morgan fingerprint density at radius 1 is 1.04 bits per heavy atom. The van der Waals surface area contributed by atoms with Gasteiger partial charge in [-0.1, -0.05) is 45.0 Å². The Kier molecular flexibility index (Phi) is 6.28. The lowest BCUT2D eigenvalue weighted by atomic mass is 9.87. The Morgan fingerprint density at radius 2 is 1.67 bits per heavy atom. The van der Waals surface area contributed by atoms with Gasteiger partial charge in [-0.05, 0) is 54.2 Å². The van der Waals surface area contributed by atoms with Crippen LogP contribution < -0.4 is 15.0 Å². The fraction of sp³-hybridized carbons (Fsp3) is 0.350. The first-order chi connectivity index (χ1) is 12.5. The number of carbonyl (C=O) groups is 1. The average molecular weight is 391 g/mol. The summed E-state index contributed by atoms with van der Waals surface area (Å²) in [7, 11) is -3.85. The second-order valence-electron chi connectivity index (χ2n) is 7.49. The first kappa shape index (κ1) is 20.9. The molecule has 0 spiro atoms. The highest BCUT2D eigenvalue weighted by Crippen LogP contribution is 2.23. The summed E-state index contributed by atoms with van der Waals surface area (Å²) in [5.74, 6) is -0.00318. The van der Waals surface area contributed by atoms with Crippen molar-refractivity contribution in [3.63, 3.8) is 0 Å². The molecule has 2 N–H and O–H groups in total. The molecule has 0 aromatic heterocycles. The largest absolute Gasteiger partial charge is 0.483 e. The van der Waals surface area contributed by atoms with Crippen molar-refractivity contribution in [3.8, 4) is 5.75 Å². The number of sulfonamides is 1. The van der Waals surface area contributed by atoms with Gasteiger partial charge >= 0.3 is 0 Å². The van der Waals surface area contributed by atoms with Crippen molar-refractivity contribution in [1.29, 1.82) is 0 Å². The third kappa shape index (κ3) is 5.80. The summed E-state index contributed by atoms with van der Waals surface area (Å²) in [5, 5.41) is 0. The average Bonchev–Trinajstić information content (AvgIpc) is 2.60. The second-order valence-corrected chi connectivity index (χ2v) is 9.17. The van der Waals surface area contributed by atoms with Gasteiger partial charge < -0.3 is 4.74 Å². The number of ether oxygens (including phenoxy) is 1. The molecule has 146 valence electrons. The van der Waals surface area contributed by atoms with Crippen LogP contribution in [0.1, 0.15) is 37.5 Å². The predicted octanol–water partition coefficient (Wildman–Crippen LogP) is 2.99. The molecule has 0 atom stereocenters. The van der Waals surface area contributed by atoms with Crippen molar-refractivity contribution in [2.75, 3.05) is 6.61 Å². The van der Waals surface area contributed by atoms with Gasteiger partial charge in [0.15, 0.2) is 6.61 Å². The molecule has 0 bridgehead atoms. The van der Waals surface area contributed by atoms with Gasteiger partial charge in [-0.3, -0.25) is 10.2 Å². The summed E-state index contributed by atoms with van der Waals surface area (Å²) in [4.78, 5) is 14.1. The molecule has 7 heteroatoms. The summed E-state index contributed by atoms with van der Waals surface area (Å²) >= 11 is 0. The van der Waals surface area contributed by atoms with E-state index in [1.54, 1.807) is 12.1 Å². The molecule has 0 aliphatic heterocycles. The number of hydrazine groups is 1. The molecule has 0 heterocycles. The van der Waals surface area contributed by atoms with Crippen LogP contribution in [-0.4, -0.2) is 20.9 Å². The van der Waals surface area contributed by atoms with Crippen LogP contribution >= 0.6 is 0 Å². The smallest absolute Gasteiger partial charge is 0.272 e. The number of carbonyl (C=O) groups excluding carboxylic acids is 1. The lowest BCUT2D eigenvalue weighted by molar-refractivity contribution is -0.123. The van der Waals surface area contributed by atoms with Crippen LogP contribution in [0, 0.1) is 13.8 Å². The van der Waals surface area contributed by atoms with Crippen molar-refractivity contribution in [1.82, 2.24) is 10.3 Å². The van der Waals surface area contributed by atoms with Gasteiger partial charge in [0.25, 0.3) is 15.9 Å². The molecular formula is C20H26N2O4S. The fourth-order valence-electron chi connectivity index (χ4n) is 2.36. The van der Waals surface area contributed by atoms with Crippen LogP contribution in [0.15, 0.2) is 47.4 Å². The Morgan fingerprint density at radius 3 is 2.26 bits per heavy atom. The minimum Gasteiger partial charge on any atom is -0.483 e. The summed E-state index contributed by atoms with van der Waals surface area (Å²) < 4.78 is 30.1. The van der Waals surface area contributed by atoms with Gasteiger partial charge in [0.1, 0.15) is 5.75 Å². The van der Waals surface area contributed by atoms with E-state index < -0.39 is 15.9 Å². The molecule has 2 rings (SSSR count). The quantitative estimate of drug-likeness (QED) is 0.743. The van der Waals surface area contributed by atoms with Crippen LogP contribution in [0.3, 0.4) is 0 Å². The topological polar surface area (TPSA) is 84.5 Å². The van der Waals surface area contributed by atoms with E-state index >= 15 is 0 Å². The highest BCUT2D eigenvalue weighted by molar-refractivity contribution is 7.89. The number of hydrogen-bond donors (Lipinski definition) is 2. The summed E-state index contributed by atoms with van der Waals surface area (Å²) in [6.45, 7) is 9.64. The number of hydrogen-bond acceptors (Lipinski definition) is 4.